The highest BCUT2D eigenvalue weighted by atomic mass is 14.3. The Kier molecular flexibility index (Phi) is 3.00. The molecule has 0 aromatic heterocycles. The predicted molar refractivity (Wildman–Crippen MR) is 49.1 cm³/mol. The molecule has 0 aliphatic heterocycles. The van der Waals surface area contributed by atoms with Crippen molar-refractivity contribution in [1.29, 1.82) is 0 Å². The molecule has 62 valence electrons. The summed E-state index contributed by atoms with van der Waals surface area (Å²) in [6, 6.07) is 0. The van der Waals surface area contributed by atoms with Crippen molar-refractivity contribution in [1.82, 2.24) is 0 Å². The smallest absolute Gasteiger partial charge is 0.0205 e. The van der Waals surface area contributed by atoms with Crippen molar-refractivity contribution in [2.75, 3.05) is 0 Å². The van der Waals surface area contributed by atoms with Crippen LogP contribution in [-0.4, -0.2) is 0 Å². The monoisotopic (exact) mass is 150 g/mol. The topological polar surface area (TPSA) is 0 Å². The summed E-state index contributed by atoms with van der Waals surface area (Å²) in [7, 11) is 0. The molecule has 0 heteroatoms. The van der Waals surface area contributed by atoms with E-state index in [1.54, 1.807) is 0 Å². The summed E-state index contributed by atoms with van der Waals surface area (Å²) >= 11 is 0. The summed E-state index contributed by atoms with van der Waals surface area (Å²) in [5.41, 5.74) is 0. The van der Waals surface area contributed by atoms with E-state index in [2.05, 4.69) is 25.7 Å². The second-order valence-corrected chi connectivity index (χ2v) is 3.76. The van der Waals surface area contributed by atoms with Crippen LogP contribution in [0.25, 0.3) is 0 Å². The molecule has 0 bridgehead atoms. The molecule has 0 spiro atoms. The Morgan fingerprint density at radius 3 is 2.55 bits per heavy atom. The molecular formula is C11H18. The molecule has 0 aromatic rings. The zero-order valence-electron chi connectivity index (χ0n) is 7.85. The maximum atomic E-state index is 3.27. The Morgan fingerprint density at radius 1 is 1.36 bits per heavy atom. The lowest BCUT2D eigenvalue weighted by Crippen LogP contribution is -2.12. The van der Waals surface area contributed by atoms with Crippen LogP contribution in [-0.2, 0) is 0 Å². The van der Waals surface area contributed by atoms with Crippen LogP contribution in [0.1, 0.15) is 40.0 Å². The van der Waals surface area contributed by atoms with Gasteiger partial charge in [-0.15, -0.1) is 11.8 Å². The summed E-state index contributed by atoms with van der Waals surface area (Å²) in [4.78, 5) is 0. The van der Waals surface area contributed by atoms with Crippen LogP contribution in [0.5, 0.6) is 0 Å². The van der Waals surface area contributed by atoms with Gasteiger partial charge in [-0.25, -0.2) is 0 Å². The molecular weight excluding hydrogens is 132 g/mol. The van der Waals surface area contributed by atoms with E-state index >= 15 is 0 Å². The highest BCUT2D eigenvalue weighted by molar-refractivity contribution is 5.02. The molecule has 3 atom stereocenters. The van der Waals surface area contributed by atoms with Crippen molar-refractivity contribution < 1.29 is 0 Å². The second-order valence-electron chi connectivity index (χ2n) is 3.76. The number of rotatable bonds is 1. The number of hydrogen-bond acceptors (Lipinski definition) is 0. The fraction of sp³-hybridized carbons (Fsp3) is 0.818. The van der Waals surface area contributed by atoms with Crippen molar-refractivity contribution >= 4 is 0 Å². The van der Waals surface area contributed by atoms with Crippen molar-refractivity contribution in [2.45, 2.75) is 40.0 Å². The van der Waals surface area contributed by atoms with E-state index in [-0.39, 0.29) is 0 Å². The Hall–Kier alpha value is -0.440. The standard InChI is InChI=1S/C11H18/c1-4-6-9(2)11-8-5-7-10(11)3/h9-11H,5,7-8H2,1-3H3. The maximum absolute atomic E-state index is 3.27. The second kappa shape index (κ2) is 3.81. The molecule has 0 heterocycles. The average molecular weight is 150 g/mol. The van der Waals surface area contributed by atoms with Crippen molar-refractivity contribution in [3.05, 3.63) is 0 Å². The minimum atomic E-state index is 0.623. The Bertz CT molecular complexity index is 170. The molecule has 11 heavy (non-hydrogen) atoms. The molecule has 0 amide bonds. The van der Waals surface area contributed by atoms with Crippen LogP contribution in [0.15, 0.2) is 0 Å². The van der Waals surface area contributed by atoms with Gasteiger partial charge in [-0.2, -0.15) is 0 Å². The first kappa shape index (κ1) is 8.65. The predicted octanol–water partition coefficient (Wildman–Crippen LogP) is 3.08. The molecule has 0 saturated heterocycles. The van der Waals surface area contributed by atoms with Gasteiger partial charge < -0.3 is 0 Å². The normalized spacial score (nSPS) is 32.6. The van der Waals surface area contributed by atoms with Gasteiger partial charge in [-0.3, -0.25) is 0 Å². The minimum Gasteiger partial charge on any atom is -0.106 e. The van der Waals surface area contributed by atoms with Crippen LogP contribution in [0, 0.1) is 29.6 Å². The van der Waals surface area contributed by atoms with Gasteiger partial charge in [-0.05, 0) is 25.2 Å². The molecule has 1 saturated carbocycles. The molecule has 0 radical (unpaired) electrons. The van der Waals surface area contributed by atoms with Crippen LogP contribution in [0.3, 0.4) is 0 Å². The first-order valence-corrected chi connectivity index (χ1v) is 4.68. The highest BCUT2D eigenvalue weighted by Gasteiger charge is 2.26. The largest absolute Gasteiger partial charge is 0.106 e. The van der Waals surface area contributed by atoms with Gasteiger partial charge in [0.25, 0.3) is 0 Å². The molecule has 1 rings (SSSR count). The number of hydrogen-bond donors (Lipinski definition) is 0. The van der Waals surface area contributed by atoms with Gasteiger partial charge in [0, 0.05) is 5.92 Å². The first-order chi connectivity index (χ1) is 5.25. The third-order valence-corrected chi connectivity index (χ3v) is 2.94. The van der Waals surface area contributed by atoms with Crippen molar-refractivity contribution in [3.63, 3.8) is 0 Å². The third kappa shape index (κ3) is 1.99. The minimum absolute atomic E-state index is 0.623. The Morgan fingerprint density at radius 2 is 2.09 bits per heavy atom. The zero-order valence-corrected chi connectivity index (χ0v) is 7.85. The van der Waals surface area contributed by atoms with E-state index in [1.807, 2.05) is 6.92 Å². The summed E-state index contributed by atoms with van der Waals surface area (Å²) in [5.74, 6) is 8.69. The lowest BCUT2D eigenvalue weighted by atomic mass is 9.86. The van der Waals surface area contributed by atoms with E-state index < -0.39 is 0 Å². The lowest BCUT2D eigenvalue weighted by molar-refractivity contribution is 0.349. The van der Waals surface area contributed by atoms with Gasteiger partial charge in [0.15, 0.2) is 0 Å². The van der Waals surface area contributed by atoms with Gasteiger partial charge in [0.05, 0.1) is 0 Å². The highest BCUT2D eigenvalue weighted by Crippen LogP contribution is 2.36. The molecule has 0 aromatic carbocycles. The quantitative estimate of drug-likeness (QED) is 0.504. The lowest BCUT2D eigenvalue weighted by Gasteiger charge is -2.18. The summed E-state index contributed by atoms with van der Waals surface area (Å²) in [6.07, 6.45) is 4.24. The third-order valence-electron chi connectivity index (χ3n) is 2.94. The van der Waals surface area contributed by atoms with Gasteiger partial charge in [0.1, 0.15) is 0 Å². The van der Waals surface area contributed by atoms with Crippen LogP contribution >= 0.6 is 0 Å². The molecule has 0 nitrogen and oxygen atoms in total. The van der Waals surface area contributed by atoms with E-state index in [9.17, 15) is 0 Å². The fourth-order valence-corrected chi connectivity index (χ4v) is 2.25. The first-order valence-electron chi connectivity index (χ1n) is 4.68. The van der Waals surface area contributed by atoms with Crippen molar-refractivity contribution in [2.24, 2.45) is 17.8 Å². The SMILES string of the molecule is CC#CC(C)C1CCCC1C. The van der Waals surface area contributed by atoms with Crippen LogP contribution in [0.2, 0.25) is 0 Å². The van der Waals surface area contributed by atoms with Gasteiger partial charge in [-0.1, -0.05) is 26.7 Å². The van der Waals surface area contributed by atoms with Gasteiger partial charge in [0.2, 0.25) is 0 Å². The van der Waals surface area contributed by atoms with E-state index in [0.29, 0.717) is 5.92 Å². The zero-order chi connectivity index (χ0) is 8.27. The van der Waals surface area contributed by atoms with E-state index in [0.717, 1.165) is 11.8 Å². The Balaban J connectivity index is 2.49. The molecule has 3 unspecified atom stereocenters. The summed E-state index contributed by atoms with van der Waals surface area (Å²) in [6.45, 7) is 6.57. The van der Waals surface area contributed by atoms with Crippen LogP contribution in [0.4, 0.5) is 0 Å². The van der Waals surface area contributed by atoms with Crippen LogP contribution < -0.4 is 0 Å². The Labute approximate surface area is 70.4 Å². The molecule has 1 aliphatic rings. The fourth-order valence-electron chi connectivity index (χ4n) is 2.25. The maximum Gasteiger partial charge on any atom is 0.0205 e. The van der Waals surface area contributed by atoms with E-state index in [4.69, 9.17) is 0 Å². The van der Waals surface area contributed by atoms with Gasteiger partial charge >= 0.3 is 0 Å². The summed E-state index contributed by atoms with van der Waals surface area (Å²) in [5, 5.41) is 0. The van der Waals surface area contributed by atoms with E-state index in [1.165, 1.54) is 19.3 Å². The molecule has 0 N–H and O–H groups in total. The summed E-state index contributed by atoms with van der Waals surface area (Å²) < 4.78 is 0. The molecule has 1 fully saturated rings. The van der Waals surface area contributed by atoms with Crippen molar-refractivity contribution in [3.8, 4) is 11.8 Å². The average Bonchev–Trinajstić information content (AvgIpc) is 2.36. The molecule has 1 aliphatic carbocycles.